The standard InChI is InChI=1S/C15H23N3O/c1-18-12-13(9-14(18)10-16)11-17-7-8-19-15-5-3-2-4-6-15/h9,12,15,17H,2-8,11H2,1H3. The second-order valence-corrected chi connectivity index (χ2v) is 5.26. The van der Waals surface area contributed by atoms with Gasteiger partial charge in [0, 0.05) is 26.3 Å². The van der Waals surface area contributed by atoms with E-state index in [-0.39, 0.29) is 0 Å². The number of nitriles is 1. The second kappa shape index (κ2) is 7.32. The third-order valence-electron chi connectivity index (χ3n) is 3.69. The summed E-state index contributed by atoms with van der Waals surface area (Å²) in [6.45, 7) is 2.44. The van der Waals surface area contributed by atoms with Crippen LogP contribution in [0.25, 0.3) is 0 Å². The number of nitrogens with zero attached hydrogens (tertiary/aromatic N) is 2. The van der Waals surface area contributed by atoms with Gasteiger partial charge in [0.2, 0.25) is 0 Å². The lowest BCUT2D eigenvalue weighted by molar-refractivity contribution is 0.0302. The van der Waals surface area contributed by atoms with Gasteiger partial charge in [-0.25, -0.2) is 0 Å². The Morgan fingerprint density at radius 2 is 2.21 bits per heavy atom. The van der Waals surface area contributed by atoms with Crippen LogP contribution in [0.3, 0.4) is 0 Å². The van der Waals surface area contributed by atoms with Gasteiger partial charge in [0.15, 0.2) is 0 Å². The van der Waals surface area contributed by atoms with Crippen LogP contribution in [0.15, 0.2) is 12.3 Å². The zero-order chi connectivity index (χ0) is 13.5. The lowest BCUT2D eigenvalue weighted by atomic mass is 9.98. The molecule has 0 aliphatic heterocycles. The predicted octanol–water partition coefficient (Wildman–Crippen LogP) is 2.34. The van der Waals surface area contributed by atoms with Crippen LogP contribution in [0, 0.1) is 11.3 Å². The monoisotopic (exact) mass is 261 g/mol. The minimum Gasteiger partial charge on any atom is -0.377 e. The van der Waals surface area contributed by atoms with Gasteiger partial charge in [0.25, 0.3) is 0 Å². The first-order valence-corrected chi connectivity index (χ1v) is 7.17. The van der Waals surface area contributed by atoms with E-state index < -0.39 is 0 Å². The molecular weight excluding hydrogens is 238 g/mol. The summed E-state index contributed by atoms with van der Waals surface area (Å²) in [6, 6.07) is 4.10. The molecule has 1 aromatic heterocycles. The molecule has 0 amide bonds. The number of hydrogen-bond acceptors (Lipinski definition) is 3. The Labute approximate surface area is 115 Å². The Bertz CT molecular complexity index is 427. The van der Waals surface area contributed by atoms with Crippen LogP contribution >= 0.6 is 0 Å². The Balaban J connectivity index is 1.59. The van der Waals surface area contributed by atoms with Crippen molar-refractivity contribution < 1.29 is 4.74 Å². The maximum absolute atomic E-state index is 8.87. The van der Waals surface area contributed by atoms with E-state index >= 15 is 0 Å². The zero-order valence-electron chi connectivity index (χ0n) is 11.7. The van der Waals surface area contributed by atoms with Crippen LogP contribution in [0.1, 0.15) is 43.4 Å². The fraction of sp³-hybridized carbons (Fsp3) is 0.667. The Morgan fingerprint density at radius 1 is 1.42 bits per heavy atom. The van der Waals surface area contributed by atoms with E-state index in [1.807, 2.05) is 23.9 Å². The van der Waals surface area contributed by atoms with Crippen LogP contribution in [-0.2, 0) is 18.3 Å². The van der Waals surface area contributed by atoms with E-state index in [0.29, 0.717) is 11.8 Å². The summed E-state index contributed by atoms with van der Waals surface area (Å²) < 4.78 is 7.71. The summed E-state index contributed by atoms with van der Waals surface area (Å²) in [7, 11) is 1.90. The average Bonchev–Trinajstić information content (AvgIpc) is 2.80. The minimum absolute atomic E-state index is 0.484. The summed E-state index contributed by atoms with van der Waals surface area (Å²) in [4.78, 5) is 0. The molecule has 4 heteroatoms. The number of aryl methyl sites for hydroxylation is 1. The third-order valence-corrected chi connectivity index (χ3v) is 3.69. The Morgan fingerprint density at radius 3 is 2.89 bits per heavy atom. The van der Waals surface area contributed by atoms with Crippen molar-refractivity contribution in [2.75, 3.05) is 13.2 Å². The van der Waals surface area contributed by atoms with Crippen molar-refractivity contribution in [1.82, 2.24) is 9.88 Å². The van der Waals surface area contributed by atoms with Gasteiger partial charge in [-0.15, -0.1) is 0 Å². The van der Waals surface area contributed by atoms with E-state index in [1.54, 1.807) is 0 Å². The second-order valence-electron chi connectivity index (χ2n) is 5.26. The first-order chi connectivity index (χ1) is 9.29. The van der Waals surface area contributed by atoms with E-state index in [2.05, 4.69) is 11.4 Å². The van der Waals surface area contributed by atoms with Crippen LogP contribution < -0.4 is 5.32 Å². The molecule has 0 bridgehead atoms. The summed E-state index contributed by atoms with van der Waals surface area (Å²) >= 11 is 0. The highest BCUT2D eigenvalue weighted by atomic mass is 16.5. The van der Waals surface area contributed by atoms with Gasteiger partial charge in [-0.2, -0.15) is 5.26 Å². The molecule has 1 aliphatic carbocycles. The predicted molar refractivity (Wildman–Crippen MR) is 74.7 cm³/mol. The maximum atomic E-state index is 8.87. The van der Waals surface area contributed by atoms with Crippen molar-refractivity contribution in [3.8, 4) is 6.07 Å². The molecule has 0 unspecified atom stereocenters. The molecule has 1 aromatic rings. The van der Waals surface area contributed by atoms with E-state index in [1.165, 1.54) is 32.1 Å². The summed E-state index contributed by atoms with van der Waals surface area (Å²) in [5, 5.41) is 12.2. The Kier molecular flexibility index (Phi) is 5.44. The maximum Gasteiger partial charge on any atom is 0.120 e. The molecule has 0 spiro atoms. The molecule has 1 heterocycles. The Hall–Kier alpha value is -1.31. The SMILES string of the molecule is Cn1cc(CNCCOC2CCCCC2)cc1C#N. The van der Waals surface area contributed by atoms with Crippen molar-refractivity contribution in [3.63, 3.8) is 0 Å². The molecular formula is C15H23N3O. The highest BCUT2D eigenvalue weighted by molar-refractivity contribution is 5.28. The molecule has 1 N–H and O–H groups in total. The van der Waals surface area contributed by atoms with Crippen molar-refractivity contribution in [2.45, 2.75) is 44.8 Å². The molecule has 2 rings (SSSR count). The molecule has 0 aromatic carbocycles. The van der Waals surface area contributed by atoms with Crippen molar-refractivity contribution in [1.29, 1.82) is 5.26 Å². The van der Waals surface area contributed by atoms with E-state index in [9.17, 15) is 0 Å². The zero-order valence-corrected chi connectivity index (χ0v) is 11.7. The first-order valence-electron chi connectivity index (χ1n) is 7.17. The molecule has 104 valence electrons. The smallest absolute Gasteiger partial charge is 0.120 e. The van der Waals surface area contributed by atoms with Gasteiger partial charge in [-0.1, -0.05) is 19.3 Å². The number of aromatic nitrogens is 1. The summed E-state index contributed by atoms with van der Waals surface area (Å²) in [5.41, 5.74) is 1.85. The van der Waals surface area contributed by atoms with Crippen molar-refractivity contribution in [3.05, 3.63) is 23.5 Å². The van der Waals surface area contributed by atoms with Crippen LogP contribution in [0.5, 0.6) is 0 Å². The number of rotatable bonds is 6. The van der Waals surface area contributed by atoms with E-state index in [4.69, 9.17) is 10.00 Å². The van der Waals surface area contributed by atoms with Gasteiger partial charge in [-0.3, -0.25) is 0 Å². The molecule has 1 saturated carbocycles. The number of nitrogens with one attached hydrogen (secondary N) is 1. The fourth-order valence-electron chi connectivity index (χ4n) is 2.60. The van der Waals surface area contributed by atoms with Gasteiger partial charge >= 0.3 is 0 Å². The molecule has 0 radical (unpaired) electrons. The largest absolute Gasteiger partial charge is 0.377 e. The fourth-order valence-corrected chi connectivity index (χ4v) is 2.60. The normalized spacial score (nSPS) is 16.4. The average molecular weight is 261 g/mol. The van der Waals surface area contributed by atoms with Gasteiger partial charge < -0.3 is 14.6 Å². The van der Waals surface area contributed by atoms with E-state index in [0.717, 1.165) is 25.3 Å². The quantitative estimate of drug-likeness (QED) is 0.800. The summed E-state index contributed by atoms with van der Waals surface area (Å²) in [5.74, 6) is 0. The highest BCUT2D eigenvalue weighted by Crippen LogP contribution is 2.19. The van der Waals surface area contributed by atoms with Gasteiger partial charge in [0.1, 0.15) is 11.8 Å². The van der Waals surface area contributed by atoms with Gasteiger partial charge in [0.05, 0.1) is 12.7 Å². The lowest BCUT2D eigenvalue weighted by Crippen LogP contribution is -2.24. The molecule has 1 fully saturated rings. The topological polar surface area (TPSA) is 50.0 Å². The van der Waals surface area contributed by atoms with Crippen molar-refractivity contribution in [2.24, 2.45) is 7.05 Å². The molecule has 1 aliphatic rings. The van der Waals surface area contributed by atoms with Crippen molar-refractivity contribution >= 4 is 0 Å². The lowest BCUT2D eigenvalue weighted by Gasteiger charge is -2.21. The first kappa shape index (κ1) is 14.1. The highest BCUT2D eigenvalue weighted by Gasteiger charge is 2.12. The number of hydrogen-bond donors (Lipinski definition) is 1. The number of ether oxygens (including phenoxy) is 1. The molecule has 0 saturated heterocycles. The van der Waals surface area contributed by atoms with Crippen LogP contribution in [-0.4, -0.2) is 23.8 Å². The third kappa shape index (κ3) is 4.38. The minimum atomic E-state index is 0.484. The molecule has 19 heavy (non-hydrogen) atoms. The van der Waals surface area contributed by atoms with Crippen LogP contribution in [0.4, 0.5) is 0 Å². The van der Waals surface area contributed by atoms with Gasteiger partial charge in [-0.05, 0) is 24.5 Å². The summed E-state index contributed by atoms with van der Waals surface area (Å²) in [6.07, 6.45) is 8.94. The molecule has 4 nitrogen and oxygen atoms in total. The molecule has 0 atom stereocenters. The van der Waals surface area contributed by atoms with Crippen LogP contribution in [0.2, 0.25) is 0 Å².